The molecular weight excluding hydrogens is 341 g/mol. The van der Waals surface area contributed by atoms with E-state index in [0.717, 1.165) is 0 Å². The minimum Gasteiger partial charge on any atom is -0.493 e. The predicted octanol–water partition coefficient (Wildman–Crippen LogP) is 3.98. The first-order valence-corrected chi connectivity index (χ1v) is 6.86. The molecule has 0 amide bonds. The van der Waals surface area contributed by atoms with E-state index in [1.54, 1.807) is 30.3 Å². The highest BCUT2D eigenvalue weighted by molar-refractivity contribution is 9.10. The largest absolute Gasteiger partial charge is 0.493 e. The Balaban J connectivity index is 2.25. The van der Waals surface area contributed by atoms with Crippen molar-refractivity contribution in [3.8, 4) is 11.5 Å². The van der Waals surface area contributed by atoms with E-state index in [1.807, 2.05) is 0 Å². The fraction of sp³-hybridized carbons (Fsp3) is 0.133. The second-order valence-corrected chi connectivity index (χ2v) is 5.01. The Labute approximate surface area is 129 Å². The molecule has 0 aliphatic heterocycles. The lowest BCUT2D eigenvalue weighted by Gasteiger charge is -2.13. The second kappa shape index (κ2) is 7.08. The van der Waals surface area contributed by atoms with Gasteiger partial charge in [0, 0.05) is 11.1 Å². The van der Waals surface area contributed by atoms with Crippen LogP contribution < -0.4 is 9.47 Å². The average Bonchev–Trinajstić information content (AvgIpc) is 2.47. The summed E-state index contributed by atoms with van der Waals surface area (Å²) in [5.74, 6) is 0.586. The van der Waals surface area contributed by atoms with Gasteiger partial charge in [0.2, 0.25) is 0 Å². The van der Waals surface area contributed by atoms with Crippen molar-refractivity contribution in [1.82, 2.24) is 0 Å². The van der Waals surface area contributed by atoms with E-state index in [9.17, 15) is 4.39 Å². The quantitative estimate of drug-likeness (QED) is 0.502. The Kier molecular flexibility index (Phi) is 5.16. The molecule has 0 aliphatic carbocycles. The number of hydrogen-bond donors (Lipinski definition) is 1. The zero-order chi connectivity index (χ0) is 15.2. The van der Waals surface area contributed by atoms with Crippen LogP contribution in [0.15, 0.2) is 46.0 Å². The lowest BCUT2D eigenvalue weighted by molar-refractivity contribution is 0.278. The molecule has 0 atom stereocenters. The molecule has 2 aromatic carbocycles. The van der Waals surface area contributed by atoms with Gasteiger partial charge in [0.1, 0.15) is 12.4 Å². The van der Waals surface area contributed by atoms with Crippen LogP contribution in [0.4, 0.5) is 4.39 Å². The van der Waals surface area contributed by atoms with Gasteiger partial charge in [-0.3, -0.25) is 0 Å². The molecule has 1 N–H and O–H groups in total. The Hall–Kier alpha value is -2.08. The van der Waals surface area contributed by atoms with Crippen LogP contribution in [0.1, 0.15) is 11.1 Å². The molecule has 2 aromatic rings. The van der Waals surface area contributed by atoms with Gasteiger partial charge in [0.15, 0.2) is 11.5 Å². The van der Waals surface area contributed by atoms with Gasteiger partial charge in [0.05, 0.1) is 17.8 Å². The fourth-order valence-corrected chi connectivity index (χ4v) is 2.36. The summed E-state index contributed by atoms with van der Waals surface area (Å²) in [6, 6.07) is 9.77. The zero-order valence-corrected chi connectivity index (χ0v) is 12.8. The molecule has 0 saturated carbocycles. The summed E-state index contributed by atoms with van der Waals surface area (Å²) in [5.41, 5.74) is 1.09. The van der Waals surface area contributed by atoms with Gasteiger partial charge in [-0.15, -0.1) is 0 Å². The molecule has 0 fully saturated rings. The number of ether oxygens (including phenoxy) is 2. The van der Waals surface area contributed by atoms with Crippen molar-refractivity contribution in [3.63, 3.8) is 0 Å². The standard InChI is InChI=1S/C15H13BrFNO3/c1-20-14-7-10(8-18-19)6-12(16)15(14)21-9-11-4-2-3-5-13(11)17/h2-8,19H,9H2,1H3/b18-8+. The summed E-state index contributed by atoms with van der Waals surface area (Å²) in [6.07, 6.45) is 1.27. The summed E-state index contributed by atoms with van der Waals surface area (Å²) in [5, 5.41) is 11.5. The first kappa shape index (κ1) is 15.3. The lowest BCUT2D eigenvalue weighted by atomic mass is 10.2. The molecule has 0 saturated heterocycles. The maximum Gasteiger partial charge on any atom is 0.175 e. The number of methoxy groups -OCH3 is 1. The van der Waals surface area contributed by atoms with Crippen molar-refractivity contribution < 1.29 is 19.1 Å². The first-order valence-electron chi connectivity index (χ1n) is 6.07. The van der Waals surface area contributed by atoms with Gasteiger partial charge in [-0.25, -0.2) is 4.39 Å². The molecule has 6 heteroatoms. The van der Waals surface area contributed by atoms with Crippen LogP contribution in [-0.2, 0) is 6.61 Å². The Morgan fingerprint density at radius 1 is 1.33 bits per heavy atom. The third-order valence-electron chi connectivity index (χ3n) is 2.79. The van der Waals surface area contributed by atoms with E-state index in [-0.39, 0.29) is 12.4 Å². The molecule has 4 nitrogen and oxygen atoms in total. The van der Waals surface area contributed by atoms with Crippen molar-refractivity contribution in [2.45, 2.75) is 6.61 Å². The normalized spacial score (nSPS) is 10.8. The highest BCUT2D eigenvalue weighted by atomic mass is 79.9. The van der Waals surface area contributed by atoms with Gasteiger partial charge >= 0.3 is 0 Å². The van der Waals surface area contributed by atoms with E-state index in [2.05, 4.69) is 21.1 Å². The smallest absolute Gasteiger partial charge is 0.175 e. The summed E-state index contributed by atoms with van der Waals surface area (Å²) >= 11 is 3.36. The third kappa shape index (κ3) is 3.72. The molecule has 0 radical (unpaired) electrons. The molecule has 21 heavy (non-hydrogen) atoms. The molecule has 2 rings (SSSR count). The van der Waals surface area contributed by atoms with Crippen LogP contribution in [0.5, 0.6) is 11.5 Å². The van der Waals surface area contributed by atoms with E-state index < -0.39 is 0 Å². The molecule has 0 bridgehead atoms. The van der Waals surface area contributed by atoms with Gasteiger partial charge in [-0.1, -0.05) is 23.4 Å². The van der Waals surface area contributed by atoms with Crippen LogP contribution >= 0.6 is 15.9 Å². The maximum atomic E-state index is 13.6. The monoisotopic (exact) mass is 353 g/mol. The van der Waals surface area contributed by atoms with Gasteiger partial charge in [-0.05, 0) is 34.1 Å². The van der Waals surface area contributed by atoms with Crippen molar-refractivity contribution in [1.29, 1.82) is 0 Å². The molecule has 0 aliphatic rings. The van der Waals surface area contributed by atoms with Crippen molar-refractivity contribution in [2.24, 2.45) is 5.16 Å². The Bertz CT molecular complexity index is 661. The number of benzene rings is 2. The minimum absolute atomic E-state index is 0.0784. The molecule has 0 unspecified atom stereocenters. The minimum atomic E-state index is -0.323. The van der Waals surface area contributed by atoms with Crippen LogP contribution in [0.25, 0.3) is 0 Å². The fourth-order valence-electron chi connectivity index (χ4n) is 1.79. The van der Waals surface area contributed by atoms with Crippen molar-refractivity contribution in [2.75, 3.05) is 7.11 Å². The number of hydrogen-bond acceptors (Lipinski definition) is 4. The van der Waals surface area contributed by atoms with E-state index >= 15 is 0 Å². The van der Waals surface area contributed by atoms with Crippen LogP contribution in [-0.4, -0.2) is 18.5 Å². The van der Waals surface area contributed by atoms with Gasteiger partial charge < -0.3 is 14.7 Å². The van der Waals surface area contributed by atoms with Crippen molar-refractivity contribution in [3.05, 3.63) is 57.8 Å². The number of rotatable bonds is 5. The predicted molar refractivity (Wildman–Crippen MR) is 80.8 cm³/mol. The molecule has 0 spiro atoms. The molecular formula is C15H13BrFNO3. The summed E-state index contributed by atoms with van der Waals surface area (Å²) in [4.78, 5) is 0. The number of nitrogens with zero attached hydrogens (tertiary/aromatic N) is 1. The maximum absolute atomic E-state index is 13.6. The second-order valence-electron chi connectivity index (χ2n) is 4.16. The van der Waals surface area contributed by atoms with E-state index in [4.69, 9.17) is 14.7 Å². The van der Waals surface area contributed by atoms with Crippen molar-refractivity contribution >= 4 is 22.1 Å². The molecule has 0 aromatic heterocycles. The summed E-state index contributed by atoms with van der Waals surface area (Å²) in [7, 11) is 1.50. The number of oxime groups is 1. The summed E-state index contributed by atoms with van der Waals surface area (Å²) < 4.78 is 25.1. The Morgan fingerprint density at radius 2 is 2.10 bits per heavy atom. The zero-order valence-electron chi connectivity index (χ0n) is 11.2. The van der Waals surface area contributed by atoms with Gasteiger partial charge in [0.25, 0.3) is 0 Å². The summed E-state index contributed by atoms with van der Waals surface area (Å²) in [6.45, 7) is 0.0784. The molecule has 110 valence electrons. The SMILES string of the molecule is COc1cc(/C=N/O)cc(Br)c1OCc1ccccc1F. The van der Waals surface area contributed by atoms with Crippen LogP contribution in [0, 0.1) is 5.82 Å². The third-order valence-corrected chi connectivity index (χ3v) is 3.38. The number of halogens is 2. The van der Waals surface area contributed by atoms with E-state index in [0.29, 0.717) is 27.1 Å². The van der Waals surface area contributed by atoms with Crippen LogP contribution in [0.3, 0.4) is 0 Å². The van der Waals surface area contributed by atoms with Crippen LogP contribution in [0.2, 0.25) is 0 Å². The molecule has 0 heterocycles. The Morgan fingerprint density at radius 3 is 2.76 bits per heavy atom. The average molecular weight is 354 g/mol. The highest BCUT2D eigenvalue weighted by Gasteiger charge is 2.12. The highest BCUT2D eigenvalue weighted by Crippen LogP contribution is 2.36. The first-order chi connectivity index (χ1) is 10.2. The lowest BCUT2D eigenvalue weighted by Crippen LogP contribution is -2.01. The van der Waals surface area contributed by atoms with E-state index in [1.165, 1.54) is 19.4 Å². The topological polar surface area (TPSA) is 51.0 Å². The van der Waals surface area contributed by atoms with Gasteiger partial charge in [-0.2, -0.15) is 0 Å².